The molecular weight excluding hydrogens is 731 g/mol. The Morgan fingerprint density at radius 2 is 0.683 bits per heavy atom. The first-order valence-electron chi connectivity index (χ1n) is 21.6. The Morgan fingerprint density at radius 1 is 0.383 bits per heavy atom. The lowest BCUT2D eigenvalue weighted by molar-refractivity contribution is 0.922. The molecule has 4 aliphatic carbocycles. The van der Waals surface area contributed by atoms with Crippen molar-refractivity contribution in [3.63, 3.8) is 0 Å². The second-order valence-electron chi connectivity index (χ2n) is 16.7. The highest BCUT2D eigenvalue weighted by atomic mass is 15.1. The summed E-state index contributed by atoms with van der Waals surface area (Å²) in [4.78, 5) is 0. The minimum Gasteiger partial charge on any atom is -0.307 e. The van der Waals surface area contributed by atoms with E-state index in [4.69, 9.17) is 0 Å². The zero-order valence-corrected chi connectivity index (χ0v) is 33.3. The van der Waals surface area contributed by atoms with E-state index in [0.29, 0.717) is 5.56 Å². The molecule has 0 atom stereocenters. The topological polar surface area (TPSA) is 43.5 Å². The van der Waals surface area contributed by atoms with E-state index in [2.05, 4.69) is 176 Å². The van der Waals surface area contributed by atoms with Crippen LogP contribution in [0.4, 0.5) is 0 Å². The van der Waals surface area contributed by atoms with Crippen LogP contribution in [0.15, 0.2) is 127 Å². The van der Waals surface area contributed by atoms with Gasteiger partial charge in [-0.3, -0.25) is 0 Å². The van der Waals surface area contributed by atoms with Crippen LogP contribution in [-0.2, 0) is 25.7 Å². The molecule has 0 saturated heterocycles. The van der Waals surface area contributed by atoms with Crippen LogP contribution in [0.3, 0.4) is 0 Å². The largest absolute Gasteiger partial charge is 0.307 e. The van der Waals surface area contributed by atoms with Gasteiger partial charge in [-0.1, -0.05) is 97.1 Å². The van der Waals surface area contributed by atoms with E-state index in [1.807, 2.05) is 0 Å². The molecule has 0 N–H and O–H groups in total. The number of fused-ring (bicyclic) bond motifs is 12. The molecule has 4 aromatic heterocycles. The standard InChI is InChI=1S/C55H41N5/c56-34-43-54(59-48-29-13-5-21-39(48)40-22-6-14-30-49(40)59)52(57-44-25-9-1-17-35(44)36-18-2-10-26-45(36)57)33-53(58-46-27-11-3-19-37(46)38-20-4-12-28-47(38)58)55(43)60-50-31-15-7-23-41(50)42-24-8-16-32-51(42)60/h1,3,5,7,9-17,19,21,23,25-33H,2,4,6,8,18,20,22,24H2. The van der Waals surface area contributed by atoms with E-state index in [1.54, 1.807) is 0 Å². The van der Waals surface area contributed by atoms with E-state index < -0.39 is 0 Å². The van der Waals surface area contributed by atoms with Crippen LogP contribution in [0.1, 0.15) is 76.3 Å². The SMILES string of the molecule is N#Cc1c(-n2c3c(c4ccccc42)CCC=C3)c(-n2c3c(c4ccccc42)CCC=C3)cc(-n2c3c(c4ccccc42)CCC=C3)c1-n1c2c(c3ccccc31)CCC=C2. The first-order valence-corrected chi connectivity index (χ1v) is 21.6. The summed E-state index contributed by atoms with van der Waals surface area (Å²) in [5.74, 6) is 0. The molecule has 0 spiro atoms. The Labute approximate surface area is 348 Å². The maximum absolute atomic E-state index is 12.2. The van der Waals surface area contributed by atoms with E-state index in [0.717, 1.165) is 108 Å². The Morgan fingerprint density at radius 3 is 1.02 bits per heavy atom. The first kappa shape index (κ1) is 33.7. The van der Waals surface area contributed by atoms with Crippen LogP contribution in [0.5, 0.6) is 0 Å². The van der Waals surface area contributed by atoms with Gasteiger partial charge in [-0.15, -0.1) is 0 Å². The number of nitrogens with zero attached hydrogens (tertiary/aromatic N) is 5. The zero-order valence-electron chi connectivity index (χ0n) is 33.3. The normalized spacial score (nSPS) is 15.2. The Balaban J connectivity index is 1.31. The number of hydrogen-bond donors (Lipinski definition) is 0. The van der Waals surface area contributed by atoms with E-state index in [-0.39, 0.29) is 0 Å². The summed E-state index contributed by atoms with van der Waals surface area (Å²) in [5, 5.41) is 17.3. The van der Waals surface area contributed by atoms with Crippen molar-refractivity contribution in [1.82, 2.24) is 18.3 Å². The van der Waals surface area contributed by atoms with Crippen LogP contribution in [0, 0.1) is 11.3 Å². The number of aromatic nitrogens is 4. The molecule has 0 unspecified atom stereocenters. The smallest absolute Gasteiger partial charge is 0.104 e. The van der Waals surface area contributed by atoms with Gasteiger partial charge in [0.05, 0.1) is 44.8 Å². The van der Waals surface area contributed by atoms with Crippen LogP contribution < -0.4 is 0 Å². The third-order valence-corrected chi connectivity index (χ3v) is 13.7. The fraction of sp³-hybridized carbons (Fsp3) is 0.145. The van der Waals surface area contributed by atoms with Crippen molar-refractivity contribution < 1.29 is 0 Å². The molecule has 0 aliphatic heterocycles. The van der Waals surface area contributed by atoms with Crippen LogP contribution >= 0.6 is 0 Å². The minimum atomic E-state index is 0.658. The number of hydrogen-bond acceptors (Lipinski definition) is 1. The number of rotatable bonds is 4. The second-order valence-corrected chi connectivity index (χ2v) is 16.7. The molecule has 0 amide bonds. The molecule has 0 radical (unpaired) electrons. The van der Waals surface area contributed by atoms with Gasteiger partial charge in [0.2, 0.25) is 0 Å². The summed E-state index contributed by atoms with van der Waals surface area (Å²) in [6.07, 6.45) is 26.4. The maximum Gasteiger partial charge on any atom is 0.104 e. The van der Waals surface area contributed by atoms with Gasteiger partial charge < -0.3 is 18.3 Å². The van der Waals surface area contributed by atoms with E-state index in [9.17, 15) is 5.26 Å². The highest BCUT2D eigenvalue weighted by Gasteiger charge is 2.33. The second kappa shape index (κ2) is 12.9. The van der Waals surface area contributed by atoms with Crippen molar-refractivity contribution >= 4 is 67.9 Å². The van der Waals surface area contributed by atoms with Crippen LogP contribution in [0.25, 0.3) is 90.7 Å². The average Bonchev–Trinajstić information content (AvgIpc) is 4.04. The summed E-state index contributed by atoms with van der Waals surface area (Å²) in [5.41, 5.74) is 19.2. The van der Waals surface area contributed by atoms with Crippen molar-refractivity contribution in [3.05, 3.63) is 178 Å². The lowest BCUT2D eigenvalue weighted by Gasteiger charge is -2.27. The monoisotopic (exact) mass is 771 g/mol. The lowest BCUT2D eigenvalue weighted by atomic mass is 9.99. The molecule has 0 fully saturated rings. The molecule has 60 heavy (non-hydrogen) atoms. The molecule has 5 heteroatoms. The number of benzene rings is 5. The third kappa shape index (κ3) is 4.51. The van der Waals surface area contributed by atoms with Gasteiger partial charge >= 0.3 is 0 Å². The van der Waals surface area contributed by atoms with Crippen molar-refractivity contribution in [2.45, 2.75) is 51.4 Å². The van der Waals surface area contributed by atoms with Crippen molar-refractivity contribution in [3.8, 4) is 28.8 Å². The highest BCUT2D eigenvalue weighted by molar-refractivity contribution is 5.99. The highest BCUT2D eigenvalue weighted by Crippen LogP contribution is 2.47. The van der Waals surface area contributed by atoms with Gasteiger partial charge in [0.15, 0.2) is 0 Å². The fourth-order valence-corrected chi connectivity index (χ4v) is 11.3. The average molecular weight is 772 g/mol. The van der Waals surface area contributed by atoms with Gasteiger partial charge in [-0.2, -0.15) is 5.26 Å². The predicted octanol–water partition coefficient (Wildman–Crippen LogP) is 13.2. The zero-order chi connectivity index (χ0) is 39.5. The number of allylic oxidation sites excluding steroid dienone is 4. The molecule has 5 aromatic carbocycles. The summed E-state index contributed by atoms with van der Waals surface area (Å²) < 4.78 is 9.84. The Hall–Kier alpha value is -7.29. The molecule has 4 aliphatic rings. The molecular formula is C55H41N5. The summed E-state index contributed by atoms with van der Waals surface area (Å²) in [6, 6.07) is 40.8. The quantitative estimate of drug-likeness (QED) is 0.176. The van der Waals surface area contributed by atoms with Gasteiger partial charge in [0.1, 0.15) is 11.6 Å². The Kier molecular flexibility index (Phi) is 7.21. The summed E-state index contributed by atoms with van der Waals surface area (Å²) in [6.45, 7) is 0. The van der Waals surface area contributed by atoms with Gasteiger partial charge in [0, 0.05) is 44.3 Å². The molecule has 5 nitrogen and oxygen atoms in total. The van der Waals surface area contributed by atoms with Crippen LogP contribution in [-0.4, -0.2) is 18.3 Å². The summed E-state index contributed by atoms with van der Waals surface area (Å²) in [7, 11) is 0. The van der Waals surface area contributed by atoms with E-state index in [1.165, 1.54) is 55.2 Å². The first-order chi connectivity index (χ1) is 29.8. The summed E-state index contributed by atoms with van der Waals surface area (Å²) >= 11 is 0. The van der Waals surface area contributed by atoms with Gasteiger partial charge in [-0.05, 0) is 128 Å². The predicted molar refractivity (Wildman–Crippen MR) is 248 cm³/mol. The van der Waals surface area contributed by atoms with E-state index >= 15 is 0 Å². The number of para-hydroxylation sites is 4. The molecule has 0 saturated carbocycles. The van der Waals surface area contributed by atoms with Crippen LogP contribution in [0.2, 0.25) is 0 Å². The fourth-order valence-electron chi connectivity index (χ4n) is 11.3. The molecule has 9 aromatic rings. The lowest BCUT2D eigenvalue weighted by Crippen LogP contribution is -2.16. The van der Waals surface area contributed by atoms with Crippen molar-refractivity contribution in [2.24, 2.45) is 0 Å². The maximum atomic E-state index is 12.2. The van der Waals surface area contributed by atoms with Gasteiger partial charge in [-0.25, -0.2) is 0 Å². The molecule has 4 heterocycles. The number of aryl methyl sites for hydroxylation is 4. The van der Waals surface area contributed by atoms with Crippen molar-refractivity contribution in [2.75, 3.05) is 0 Å². The molecule has 0 bridgehead atoms. The molecule has 286 valence electrons. The number of nitriles is 1. The third-order valence-electron chi connectivity index (χ3n) is 13.7. The molecule has 13 rings (SSSR count). The Bertz CT molecular complexity index is 3280. The van der Waals surface area contributed by atoms with Crippen molar-refractivity contribution in [1.29, 1.82) is 5.26 Å². The van der Waals surface area contributed by atoms with Gasteiger partial charge in [0.25, 0.3) is 0 Å². The minimum absolute atomic E-state index is 0.658.